The van der Waals surface area contributed by atoms with Gasteiger partial charge in [-0.3, -0.25) is 0 Å². The first-order valence-corrected chi connectivity index (χ1v) is 6.52. The quantitative estimate of drug-likeness (QED) is 0.865. The summed E-state index contributed by atoms with van der Waals surface area (Å²) < 4.78 is 5.40. The Balaban J connectivity index is 2.31. The summed E-state index contributed by atoms with van der Waals surface area (Å²) in [6.45, 7) is 2.89. The number of rotatable bonds is 4. The second kappa shape index (κ2) is 6.38. The predicted octanol–water partition coefficient (Wildman–Crippen LogP) is 1.26. The van der Waals surface area contributed by atoms with Gasteiger partial charge >= 0.3 is 0 Å². The molecule has 1 aliphatic rings. The molecule has 0 aliphatic carbocycles. The van der Waals surface area contributed by atoms with Gasteiger partial charge in [-0.05, 0) is 24.7 Å². The van der Waals surface area contributed by atoms with Crippen LogP contribution in [0.1, 0.15) is 5.56 Å². The summed E-state index contributed by atoms with van der Waals surface area (Å²) >= 11 is 6.09. The lowest BCUT2D eigenvalue weighted by atomic mass is 10.1. The number of hydrogen-bond acceptors (Lipinski definition) is 4. The van der Waals surface area contributed by atoms with Crippen molar-refractivity contribution in [3.8, 4) is 0 Å². The summed E-state index contributed by atoms with van der Waals surface area (Å²) in [6, 6.07) is 5.89. The van der Waals surface area contributed by atoms with Crippen molar-refractivity contribution in [3.05, 3.63) is 28.8 Å². The van der Waals surface area contributed by atoms with E-state index in [1.165, 1.54) is 5.56 Å². The number of morpholine rings is 1. The fourth-order valence-corrected chi connectivity index (χ4v) is 2.43. The molecule has 1 fully saturated rings. The number of aliphatic hydroxyl groups is 1. The summed E-state index contributed by atoms with van der Waals surface area (Å²) in [5, 5.41) is 13.3. The molecule has 1 aromatic carbocycles. The second-order valence-electron chi connectivity index (χ2n) is 4.41. The van der Waals surface area contributed by atoms with Crippen LogP contribution in [0.4, 0.5) is 5.69 Å². The number of aliphatic hydroxyl groups excluding tert-OH is 1. The first kappa shape index (κ1) is 13.6. The first-order chi connectivity index (χ1) is 8.76. The maximum Gasteiger partial charge on any atom is 0.0755 e. The Bertz CT molecular complexity index is 401. The van der Waals surface area contributed by atoms with Crippen molar-refractivity contribution in [2.45, 2.75) is 12.6 Å². The van der Waals surface area contributed by atoms with Gasteiger partial charge < -0.3 is 20.1 Å². The summed E-state index contributed by atoms with van der Waals surface area (Å²) in [4.78, 5) is 2.18. The van der Waals surface area contributed by atoms with E-state index >= 15 is 0 Å². The predicted molar refractivity (Wildman–Crippen MR) is 73.3 cm³/mol. The zero-order chi connectivity index (χ0) is 13.0. The standard InChI is InChI=1S/C13H19ClN2O2/c1-15-7-10-2-3-11(14)6-13(10)16-4-5-18-9-12(16)8-17/h2-3,6,12,15,17H,4-5,7-9H2,1H3. The molecule has 0 spiro atoms. The average molecular weight is 271 g/mol. The lowest BCUT2D eigenvalue weighted by molar-refractivity contribution is 0.0726. The summed E-state index contributed by atoms with van der Waals surface area (Å²) in [7, 11) is 1.92. The van der Waals surface area contributed by atoms with Gasteiger partial charge in [0.15, 0.2) is 0 Å². The van der Waals surface area contributed by atoms with E-state index in [9.17, 15) is 5.11 Å². The van der Waals surface area contributed by atoms with Crippen LogP contribution in [0.2, 0.25) is 5.02 Å². The number of benzene rings is 1. The van der Waals surface area contributed by atoms with Gasteiger partial charge in [0.25, 0.3) is 0 Å². The Labute approximate surface area is 113 Å². The lowest BCUT2D eigenvalue weighted by Gasteiger charge is -2.37. The van der Waals surface area contributed by atoms with E-state index in [2.05, 4.69) is 10.2 Å². The number of halogens is 1. The van der Waals surface area contributed by atoms with E-state index in [0.717, 1.165) is 18.8 Å². The number of anilines is 1. The highest BCUT2D eigenvalue weighted by molar-refractivity contribution is 6.30. The van der Waals surface area contributed by atoms with Gasteiger partial charge in [-0.1, -0.05) is 17.7 Å². The van der Waals surface area contributed by atoms with Gasteiger partial charge in [-0.25, -0.2) is 0 Å². The Morgan fingerprint density at radius 2 is 2.39 bits per heavy atom. The van der Waals surface area contributed by atoms with E-state index in [1.54, 1.807) is 0 Å². The Hall–Kier alpha value is -0.810. The fourth-order valence-electron chi connectivity index (χ4n) is 2.27. The number of hydrogen-bond donors (Lipinski definition) is 2. The molecule has 4 nitrogen and oxygen atoms in total. The maximum absolute atomic E-state index is 9.44. The van der Waals surface area contributed by atoms with Gasteiger partial charge in [0.05, 0.1) is 25.9 Å². The van der Waals surface area contributed by atoms with Gasteiger partial charge in [0.1, 0.15) is 0 Å². The molecule has 1 aliphatic heterocycles. The van der Waals surface area contributed by atoms with Gasteiger partial charge in [-0.2, -0.15) is 0 Å². The van der Waals surface area contributed by atoms with Crippen LogP contribution in [0.25, 0.3) is 0 Å². The van der Waals surface area contributed by atoms with Crippen molar-refractivity contribution in [3.63, 3.8) is 0 Å². The van der Waals surface area contributed by atoms with Gasteiger partial charge in [0, 0.05) is 23.8 Å². The number of nitrogens with one attached hydrogen (secondary N) is 1. The van der Waals surface area contributed by atoms with E-state index in [0.29, 0.717) is 18.2 Å². The summed E-state index contributed by atoms with van der Waals surface area (Å²) in [5.41, 5.74) is 2.27. The van der Waals surface area contributed by atoms with Crippen LogP contribution >= 0.6 is 11.6 Å². The molecule has 2 rings (SSSR count). The molecule has 1 saturated heterocycles. The van der Waals surface area contributed by atoms with E-state index in [1.807, 2.05) is 25.2 Å². The molecule has 18 heavy (non-hydrogen) atoms. The van der Waals surface area contributed by atoms with Crippen molar-refractivity contribution < 1.29 is 9.84 Å². The van der Waals surface area contributed by atoms with Crippen molar-refractivity contribution in [2.75, 3.05) is 38.3 Å². The van der Waals surface area contributed by atoms with E-state index < -0.39 is 0 Å². The maximum atomic E-state index is 9.44. The Morgan fingerprint density at radius 3 is 3.11 bits per heavy atom. The molecule has 0 radical (unpaired) electrons. The molecule has 2 N–H and O–H groups in total. The highest BCUT2D eigenvalue weighted by Gasteiger charge is 2.24. The molecule has 100 valence electrons. The normalized spacial score (nSPS) is 20.2. The Morgan fingerprint density at radius 1 is 1.56 bits per heavy atom. The number of ether oxygens (including phenoxy) is 1. The molecule has 1 aromatic rings. The van der Waals surface area contributed by atoms with Crippen molar-refractivity contribution in [2.24, 2.45) is 0 Å². The fraction of sp³-hybridized carbons (Fsp3) is 0.538. The van der Waals surface area contributed by atoms with Gasteiger partial charge in [0.2, 0.25) is 0 Å². The molecule has 5 heteroatoms. The second-order valence-corrected chi connectivity index (χ2v) is 4.84. The van der Waals surface area contributed by atoms with Crippen LogP contribution in [0.5, 0.6) is 0 Å². The minimum absolute atomic E-state index is 0.00724. The van der Waals surface area contributed by atoms with Crippen LogP contribution in [-0.2, 0) is 11.3 Å². The molecule has 1 unspecified atom stereocenters. The zero-order valence-corrected chi connectivity index (χ0v) is 11.3. The van der Waals surface area contributed by atoms with Crippen LogP contribution in [0.3, 0.4) is 0 Å². The molecule has 1 heterocycles. The highest BCUT2D eigenvalue weighted by atomic mass is 35.5. The molecule has 0 bridgehead atoms. The molecular formula is C13H19ClN2O2. The third kappa shape index (κ3) is 2.95. The first-order valence-electron chi connectivity index (χ1n) is 6.14. The molecule has 1 atom stereocenters. The molecule has 0 aromatic heterocycles. The van der Waals surface area contributed by atoms with Crippen molar-refractivity contribution in [1.29, 1.82) is 0 Å². The third-order valence-corrected chi connectivity index (χ3v) is 3.40. The SMILES string of the molecule is CNCc1ccc(Cl)cc1N1CCOCC1CO. The monoisotopic (exact) mass is 270 g/mol. The minimum atomic E-state index is 0.00724. The summed E-state index contributed by atoms with van der Waals surface area (Å²) in [6.07, 6.45) is 0. The molecule has 0 amide bonds. The summed E-state index contributed by atoms with van der Waals surface area (Å²) in [5.74, 6) is 0. The van der Waals surface area contributed by atoms with Crippen LogP contribution in [0.15, 0.2) is 18.2 Å². The van der Waals surface area contributed by atoms with Crippen molar-refractivity contribution >= 4 is 17.3 Å². The Kier molecular flexibility index (Phi) is 4.83. The minimum Gasteiger partial charge on any atom is -0.394 e. The van der Waals surface area contributed by atoms with Crippen LogP contribution in [-0.4, -0.2) is 44.6 Å². The largest absolute Gasteiger partial charge is 0.394 e. The average Bonchev–Trinajstić information content (AvgIpc) is 2.41. The third-order valence-electron chi connectivity index (χ3n) is 3.16. The smallest absolute Gasteiger partial charge is 0.0755 e. The molecular weight excluding hydrogens is 252 g/mol. The van der Waals surface area contributed by atoms with Crippen LogP contribution in [0, 0.1) is 0 Å². The van der Waals surface area contributed by atoms with E-state index in [-0.39, 0.29) is 12.6 Å². The lowest BCUT2D eigenvalue weighted by Crippen LogP contribution is -2.48. The van der Waals surface area contributed by atoms with Crippen molar-refractivity contribution in [1.82, 2.24) is 5.32 Å². The van der Waals surface area contributed by atoms with E-state index in [4.69, 9.17) is 16.3 Å². The highest BCUT2D eigenvalue weighted by Crippen LogP contribution is 2.27. The molecule has 0 saturated carbocycles. The zero-order valence-electron chi connectivity index (χ0n) is 10.5. The van der Waals surface area contributed by atoms with Crippen LogP contribution < -0.4 is 10.2 Å². The van der Waals surface area contributed by atoms with Gasteiger partial charge in [-0.15, -0.1) is 0 Å². The number of nitrogens with zero attached hydrogens (tertiary/aromatic N) is 1. The topological polar surface area (TPSA) is 44.7 Å².